The molecule has 4 aromatic rings. The van der Waals surface area contributed by atoms with Gasteiger partial charge in [0.05, 0.1) is 36.8 Å². The van der Waals surface area contributed by atoms with Gasteiger partial charge in [0.1, 0.15) is 23.0 Å². The highest BCUT2D eigenvalue weighted by atomic mass is 16.5. The van der Waals surface area contributed by atoms with E-state index in [0.717, 1.165) is 40.6 Å². The average molecular weight is 390 g/mol. The van der Waals surface area contributed by atoms with Crippen molar-refractivity contribution in [1.29, 1.82) is 0 Å². The Morgan fingerprint density at radius 1 is 1.10 bits per heavy atom. The van der Waals surface area contributed by atoms with Crippen LogP contribution in [0.4, 0.5) is 0 Å². The molecular formula is C22H22N4O3. The second-order valence-electron chi connectivity index (χ2n) is 7.24. The molecular weight excluding hydrogens is 368 g/mol. The third kappa shape index (κ3) is 2.81. The maximum atomic E-state index is 13.4. The number of para-hydroxylation sites is 2. The molecule has 0 spiro atoms. The van der Waals surface area contributed by atoms with Crippen LogP contribution < -0.4 is 9.47 Å². The lowest BCUT2D eigenvalue weighted by Gasteiger charge is -2.22. The van der Waals surface area contributed by atoms with Gasteiger partial charge >= 0.3 is 0 Å². The summed E-state index contributed by atoms with van der Waals surface area (Å²) in [7, 11) is 3.23. The van der Waals surface area contributed by atoms with Crippen molar-refractivity contribution in [2.75, 3.05) is 20.8 Å². The standard InChI is InChI=1S/C22H22N4O3/c1-28-18-9-10-19(29-2)20-13(18)12-16(23-20)22(27)26-11-5-8-17(26)21-24-14-6-3-4-7-15(14)25-21/h3-4,6-7,9-10,12,17,23H,5,8,11H2,1-2H3,(H,24,25). The Labute approximate surface area is 167 Å². The molecule has 7 nitrogen and oxygen atoms in total. The highest BCUT2D eigenvalue weighted by Crippen LogP contribution is 2.36. The molecule has 0 aliphatic carbocycles. The fourth-order valence-electron chi connectivity index (χ4n) is 4.21. The number of nitrogens with one attached hydrogen (secondary N) is 2. The van der Waals surface area contributed by atoms with Crippen molar-refractivity contribution >= 4 is 27.8 Å². The molecule has 1 saturated heterocycles. The number of fused-ring (bicyclic) bond motifs is 2. The molecule has 2 N–H and O–H groups in total. The zero-order chi connectivity index (χ0) is 20.0. The lowest BCUT2D eigenvalue weighted by atomic mass is 10.2. The van der Waals surface area contributed by atoms with E-state index in [0.29, 0.717) is 23.7 Å². The minimum atomic E-state index is -0.0647. The van der Waals surface area contributed by atoms with Crippen molar-refractivity contribution in [2.45, 2.75) is 18.9 Å². The van der Waals surface area contributed by atoms with E-state index >= 15 is 0 Å². The highest BCUT2D eigenvalue weighted by molar-refractivity contribution is 6.01. The Balaban J connectivity index is 1.52. The number of H-pyrrole nitrogens is 2. The predicted octanol–water partition coefficient (Wildman–Crippen LogP) is 4.04. The fourth-order valence-corrected chi connectivity index (χ4v) is 4.21. The zero-order valence-electron chi connectivity index (χ0n) is 16.4. The van der Waals surface area contributed by atoms with Crippen LogP contribution >= 0.6 is 0 Å². The first-order chi connectivity index (χ1) is 14.2. The Hall–Kier alpha value is -3.48. The summed E-state index contributed by atoms with van der Waals surface area (Å²) in [6.07, 6.45) is 1.83. The van der Waals surface area contributed by atoms with Gasteiger partial charge in [0, 0.05) is 11.9 Å². The Morgan fingerprint density at radius 3 is 2.69 bits per heavy atom. The molecule has 0 radical (unpaired) electrons. The molecule has 1 amide bonds. The van der Waals surface area contributed by atoms with Crippen molar-refractivity contribution in [3.8, 4) is 11.5 Å². The Kier molecular flexibility index (Phi) is 4.16. The molecule has 1 aliphatic heterocycles. The predicted molar refractivity (Wildman–Crippen MR) is 111 cm³/mol. The topological polar surface area (TPSA) is 83.2 Å². The minimum Gasteiger partial charge on any atom is -0.496 e. The van der Waals surface area contributed by atoms with Crippen LogP contribution in [-0.2, 0) is 0 Å². The molecule has 0 bridgehead atoms. The third-order valence-electron chi connectivity index (χ3n) is 5.62. The van der Waals surface area contributed by atoms with Gasteiger partial charge in [0.2, 0.25) is 0 Å². The lowest BCUT2D eigenvalue weighted by molar-refractivity contribution is 0.0725. The maximum Gasteiger partial charge on any atom is 0.270 e. The van der Waals surface area contributed by atoms with Crippen molar-refractivity contribution in [3.63, 3.8) is 0 Å². The van der Waals surface area contributed by atoms with Crippen LogP contribution in [0.2, 0.25) is 0 Å². The van der Waals surface area contributed by atoms with Crippen molar-refractivity contribution in [1.82, 2.24) is 19.9 Å². The van der Waals surface area contributed by atoms with Gasteiger partial charge in [-0.1, -0.05) is 12.1 Å². The summed E-state index contributed by atoms with van der Waals surface area (Å²) in [5.74, 6) is 2.16. The summed E-state index contributed by atoms with van der Waals surface area (Å²) in [6, 6.07) is 13.4. The zero-order valence-corrected chi connectivity index (χ0v) is 16.4. The summed E-state index contributed by atoms with van der Waals surface area (Å²) in [4.78, 5) is 26.6. The van der Waals surface area contributed by atoms with Gasteiger partial charge in [-0.3, -0.25) is 4.79 Å². The second kappa shape index (κ2) is 6.84. The van der Waals surface area contributed by atoms with Gasteiger partial charge in [-0.25, -0.2) is 4.98 Å². The number of imidazole rings is 1. The molecule has 1 unspecified atom stereocenters. The van der Waals surface area contributed by atoms with Crippen molar-refractivity contribution < 1.29 is 14.3 Å². The fraction of sp³-hybridized carbons (Fsp3) is 0.273. The molecule has 29 heavy (non-hydrogen) atoms. The number of hydrogen-bond donors (Lipinski definition) is 2. The molecule has 2 aromatic carbocycles. The molecule has 1 atom stereocenters. The van der Waals surface area contributed by atoms with E-state index in [1.807, 2.05) is 47.4 Å². The number of amides is 1. The number of likely N-dealkylation sites (tertiary alicyclic amines) is 1. The molecule has 1 fully saturated rings. The summed E-state index contributed by atoms with van der Waals surface area (Å²) in [6.45, 7) is 0.699. The highest BCUT2D eigenvalue weighted by Gasteiger charge is 2.33. The number of carbonyl (C=O) groups excluding carboxylic acids is 1. The number of hydrogen-bond acceptors (Lipinski definition) is 4. The second-order valence-corrected chi connectivity index (χ2v) is 7.24. The first-order valence-electron chi connectivity index (χ1n) is 9.69. The van der Waals surface area contributed by atoms with E-state index < -0.39 is 0 Å². The number of nitrogens with zero attached hydrogens (tertiary/aromatic N) is 2. The van der Waals surface area contributed by atoms with E-state index in [4.69, 9.17) is 14.5 Å². The molecule has 7 heteroatoms. The van der Waals surface area contributed by atoms with Crippen LogP contribution in [0.3, 0.4) is 0 Å². The van der Waals surface area contributed by atoms with Crippen molar-refractivity contribution in [3.05, 3.63) is 54.0 Å². The number of benzene rings is 2. The van der Waals surface area contributed by atoms with Crippen LogP contribution in [0.1, 0.15) is 35.2 Å². The molecule has 0 saturated carbocycles. The average Bonchev–Trinajstić information content (AvgIpc) is 3.49. The molecule has 2 aromatic heterocycles. The Morgan fingerprint density at radius 2 is 1.90 bits per heavy atom. The molecule has 3 heterocycles. The van der Waals surface area contributed by atoms with Gasteiger partial charge in [0.15, 0.2) is 0 Å². The summed E-state index contributed by atoms with van der Waals surface area (Å²) < 4.78 is 10.9. The monoisotopic (exact) mass is 390 g/mol. The van der Waals surface area contributed by atoms with E-state index in [9.17, 15) is 4.79 Å². The minimum absolute atomic E-state index is 0.0479. The van der Waals surface area contributed by atoms with Crippen LogP contribution in [0, 0.1) is 0 Å². The quantitative estimate of drug-likeness (QED) is 0.551. The maximum absolute atomic E-state index is 13.4. The molecule has 1 aliphatic rings. The van der Waals surface area contributed by atoms with Gasteiger partial charge in [-0.15, -0.1) is 0 Å². The van der Waals surface area contributed by atoms with Crippen LogP contribution in [0.25, 0.3) is 21.9 Å². The number of carbonyl (C=O) groups is 1. The largest absolute Gasteiger partial charge is 0.496 e. The molecule has 5 rings (SSSR count). The van der Waals surface area contributed by atoms with Gasteiger partial charge in [0.25, 0.3) is 5.91 Å². The first kappa shape index (κ1) is 17.6. The van der Waals surface area contributed by atoms with Crippen molar-refractivity contribution in [2.24, 2.45) is 0 Å². The van der Waals surface area contributed by atoms with Crippen LogP contribution in [0.5, 0.6) is 11.5 Å². The normalized spacial score (nSPS) is 16.6. The number of methoxy groups -OCH3 is 2. The van der Waals surface area contributed by atoms with Crippen LogP contribution in [0.15, 0.2) is 42.5 Å². The molecule has 148 valence electrons. The lowest BCUT2D eigenvalue weighted by Crippen LogP contribution is -2.31. The summed E-state index contributed by atoms with van der Waals surface area (Å²) in [5, 5.41) is 0.828. The Bertz CT molecular complexity index is 1140. The van der Waals surface area contributed by atoms with E-state index in [2.05, 4.69) is 9.97 Å². The first-order valence-corrected chi connectivity index (χ1v) is 9.69. The summed E-state index contributed by atoms with van der Waals surface area (Å²) in [5.41, 5.74) is 3.18. The van der Waals surface area contributed by atoms with Gasteiger partial charge in [-0.05, 0) is 43.2 Å². The van der Waals surface area contributed by atoms with E-state index in [1.165, 1.54) is 0 Å². The smallest absolute Gasteiger partial charge is 0.270 e. The number of aromatic nitrogens is 3. The number of aromatic amines is 2. The SMILES string of the molecule is COc1ccc(OC)c2[nH]c(C(=O)N3CCCC3c3nc4ccccc4[nH]3)cc12. The third-order valence-corrected chi connectivity index (χ3v) is 5.62. The van der Waals surface area contributed by atoms with E-state index in [-0.39, 0.29) is 11.9 Å². The number of rotatable bonds is 4. The summed E-state index contributed by atoms with van der Waals surface area (Å²) >= 11 is 0. The van der Waals surface area contributed by atoms with E-state index in [1.54, 1.807) is 14.2 Å². The van der Waals surface area contributed by atoms with Gasteiger partial charge in [-0.2, -0.15) is 0 Å². The number of ether oxygens (including phenoxy) is 2. The van der Waals surface area contributed by atoms with Gasteiger partial charge < -0.3 is 24.3 Å². The van der Waals surface area contributed by atoms with Crippen LogP contribution in [-0.4, -0.2) is 46.5 Å².